The third-order valence-electron chi connectivity index (χ3n) is 3.02. The topological polar surface area (TPSA) is 84.0 Å². The van der Waals surface area contributed by atoms with Gasteiger partial charge in [0.1, 0.15) is 5.75 Å². The molecule has 6 nitrogen and oxygen atoms in total. The zero-order valence-corrected chi connectivity index (χ0v) is 12.8. The number of oxime groups is 1. The highest BCUT2D eigenvalue weighted by atomic mass is 32.1. The molecule has 0 atom stereocenters. The standard InChI is InChI=1S/C14H18N4O2S/c1-18(7-11-8-21-9-16-11)6-10-3-4-13(20-2)12(5-10)14(15)17-19/h3-5,8-9,19H,6-7H2,1-2H3,(H2,15,17). The second-order valence-corrected chi connectivity index (χ2v) is 5.39. The Bertz CT molecular complexity index is 613. The molecule has 0 saturated carbocycles. The van der Waals surface area contributed by atoms with Crippen molar-refractivity contribution in [1.82, 2.24) is 9.88 Å². The van der Waals surface area contributed by atoms with Gasteiger partial charge in [-0.2, -0.15) is 0 Å². The van der Waals surface area contributed by atoms with Crippen molar-refractivity contribution in [3.05, 3.63) is 45.9 Å². The van der Waals surface area contributed by atoms with E-state index in [9.17, 15) is 0 Å². The van der Waals surface area contributed by atoms with Crippen LogP contribution in [-0.2, 0) is 13.1 Å². The van der Waals surface area contributed by atoms with Crippen molar-refractivity contribution < 1.29 is 9.94 Å². The Kier molecular flexibility index (Phi) is 5.13. The van der Waals surface area contributed by atoms with Crippen LogP contribution in [0.15, 0.2) is 34.2 Å². The van der Waals surface area contributed by atoms with Crippen molar-refractivity contribution >= 4 is 17.2 Å². The number of methoxy groups -OCH3 is 1. The summed E-state index contributed by atoms with van der Waals surface area (Å²) < 4.78 is 5.22. The summed E-state index contributed by atoms with van der Waals surface area (Å²) in [6.07, 6.45) is 0. The second kappa shape index (κ2) is 7.05. The van der Waals surface area contributed by atoms with Gasteiger partial charge in [-0.15, -0.1) is 11.3 Å². The fourth-order valence-corrected chi connectivity index (χ4v) is 2.62. The second-order valence-electron chi connectivity index (χ2n) is 4.67. The first-order chi connectivity index (χ1) is 10.1. The lowest BCUT2D eigenvalue weighted by Gasteiger charge is -2.16. The van der Waals surface area contributed by atoms with Crippen LogP contribution in [0.4, 0.5) is 0 Å². The quantitative estimate of drug-likeness (QED) is 0.368. The van der Waals surface area contributed by atoms with E-state index in [2.05, 4.69) is 15.0 Å². The number of thiazole rings is 1. The monoisotopic (exact) mass is 306 g/mol. The van der Waals surface area contributed by atoms with Crippen LogP contribution in [0.25, 0.3) is 0 Å². The number of hydrogen-bond acceptors (Lipinski definition) is 6. The maximum atomic E-state index is 8.84. The van der Waals surface area contributed by atoms with Gasteiger partial charge in [-0.25, -0.2) is 4.98 Å². The highest BCUT2D eigenvalue weighted by Crippen LogP contribution is 2.20. The molecule has 0 saturated heterocycles. The van der Waals surface area contributed by atoms with E-state index in [4.69, 9.17) is 15.7 Å². The molecule has 0 radical (unpaired) electrons. The molecule has 1 aromatic heterocycles. The summed E-state index contributed by atoms with van der Waals surface area (Å²) in [6.45, 7) is 1.50. The maximum absolute atomic E-state index is 8.84. The summed E-state index contributed by atoms with van der Waals surface area (Å²) in [5.41, 5.74) is 10.2. The SMILES string of the molecule is COc1ccc(CN(C)Cc2cscn2)cc1C(N)=NO. The van der Waals surface area contributed by atoms with Crippen LogP contribution in [0.3, 0.4) is 0 Å². The van der Waals surface area contributed by atoms with E-state index >= 15 is 0 Å². The Labute approximate surface area is 127 Å². The molecular formula is C14H18N4O2S. The Morgan fingerprint density at radius 2 is 2.29 bits per heavy atom. The van der Waals surface area contributed by atoms with Crippen LogP contribution in [0.5, 0.6) is 5.75 Å². The van der Waals surface area contributed by atoms with Gasteiger partial charge >= 0.3 is 0 Å². The van der Waals surface area contributed by atoms with Gasteiger partial charge in [0, 0.05) is 18.5 Å². The number of benzene rings is 1. The molecule has 3 N–H and O–H groups in total. The molecule has 2 aromatic rings. The molecule has 2 rings (SSSR count). The molecule has 0 aliphatic rings. The molecule has 0 aliphatic heterocycles. The summed E-state index contributed by atoms with van der Waals surface area (Å²) in [4.78, 5) is 6.41. The molecule has 21 heavy (non-hydrogen) atoms. The first kappa shape index (κ1) is 15.3. The van der Waals surface area contributed by atoms with Crippen molar-refractivity contribution in [1.29, 1.82) is 0 Å². The zero-order chi connectivity index (χ0) is 15.2. The largest absolute Gasteiger partial charge is 0.496 e. The first-order valence-electron chi connectivity index (χ1n) is 6.34. The normalized spacial score (nSPS) is 11.9. The van der Waals surface area contributed by atoms with Crippen molar-refractivity contribution in [2.75, 3.05) is 14.2 Å². The van der Waals surface area contributed by atoms with E-state index in [1.54, 1.807) is 18.4 Å². The van der Waals surface area contributed by atoms with Crippen LogP contribution >= 0.6 is 11.3 Å². The molecule has 1 aromatic carbocycles. The van der Waals surface area contributed by atoms with Crippen LogP contribution in [-0.4, -0.2) is 35.1 Å². The van der Waals surface area contributed by atoms with E-state index in [-0.39, 0.29) is 5.84 Å². The smallest absolute Gasteiger partial charge is 0.173 e. The van der Waals surface area contributed by atoms with Crippen LogP contribution in [0.1, 0.15) is 16.8 Å². The fourth-order valence-electron chi connectivity index (χ4n) is 2.07. The Morgan fingerprint density at radius 1 is 1.48 bits per heavy atom. The molecule has 0 fully saturated rings. The van der Waals surface area contributed by atoms with Crippen molar-refractivity contribution in [3.8, 4) is 5.75 Å². The van der Waals surface area contributed by atoms with Crippen LogP contribution in [0.2, 0.25) is 0 Å². The summed E-state index contributed by atoms with van der Waals surface area (Å²) >= 11 is 1.59. The average Bonchev–Trinajstić information content (AvgIpc) is 2.99. The molecule has 112 valence electrons. The minimum atomic E-state index is 0.0378. The van der Waals surface area contributed by atoms with Crippen molar-refractivity contribution in [2.45, 2.75) is 13.1 Å². The number of nitrogens with zero attached hydrogens (tertiary/aromatic N) is 3. The van der Waals surface area contributed by atoms with Gasteiger partial charge in [-0.3, -0.25) is 4.90 Å². The Morgan fingerprint density at radius 3 is 2.90 bits per heavy atom. The summed E-state index contributed by atoms with van der Waals surface area (Å²) in [7, 11) is 3.57. The number of aromatic nitrogens is 1. The van der Waals surface area contributed by atoms with Crippen LogP contribution in [0, 0.1) is 0 Å². The summed E-state index contributed by atoms with van der Waals surface area (Å²) in [5, 5.41) is 13.9. The fraction of sp³-hybridized carbons (Fsp3) is 0.286. The molecule has 0 amide bonds. The minimum absolute atomic E-state index is 0.0378. The lowest BCUT2D eigenvalue weighted by atomic mass is 10.1. The average molecular weight is 306 g/mol. The van der Waals surface area contributed by atoms with Gasteiger partial charge in [-0.05, 0) is 24.7 Å². The van der Waals surface area contributed by atoms with Gasteiger partial charge in [0.15, 0.2) is 5.84 Å². The first-order valence-corrected chi connectivity index (χ1v) is 7.28. The van der Waals surface area contributed by atoms with Gasteiger partial charge in [0.2, 0.25) is 0 Å². The van der Waals surface area contributed by atoms with Gasteiger partial charge in [-0.1, -0.05) is 11.2 Å². The van der Waals surface area contributed by atoms with Crippen molar-refractivity contribution in [3.63, 3.8) is 0 Å². The van der Waals surface area contributed by atoms with E-state index in [1.165, 1.54) is 0 Å². The Hall–Kier alpha value is -2.12. The molecular weight excluding hydrogens is 288 g/mol. The third kappa shape index (κ3) is 3.93. The lowest BCUT2D eigenvalue weighted by molar-refractivity contribution is 0.315. The van der Waals surface area contributed by atoms with E-state index < -0.39 is 0 Å². The number of ether oxygens (including phenoxy) is 1. The Balaban J connectivity index is 2.13. The van der Waals surface area contributed by atoms with Crippen LogP contribution < -0.4 is 10.5 Å². The molecule has 0 spiro atoms. The molecule has 0 unspecified atom stereocenters. The van der Waals surface area contributed by atoms with E-state index in [0.29, 0.717) is 11.3 Å². The van der Waals surface area contributed by atoms with Crippen molar-refractivity contribution in [2.24, 2.45) is 10.9 Å². The van der Waals surface area contributed by atoms with E-state index in [1.807, 2.05) is 36.1 Å². The lowest BCUT2D eigenvalue weighted by Crippen LogP contribution is -2.19. The van der Waals surface area contributed by atoms with E-state index in [0.717, 1.165) is 24.3 Å². The molecule has 0 aliphatic carbocycles. The minimum Gasteiger partial charge on any atom is -0.496 e. The predicted molar refractivity (Wildman–Crippen MR) is 82.8 cm³/mol. The summed E-state index contributed by atoms with van der Waals surface area (Å²) in [5.74, 6) is 0.618. The van der Waals surface area contributed by atoms with Gasteiger partial charge in [0.25, 0.3) is 0 Å². The van der Waals surface area contributed by atoms with Gasteiger partial charge in [0.05, 0.1) is 23.9 Å². The third-order valence-corrected chi connectivity index (χ3v) is 3.65. The summed E-state index contributed by atoms with van der Waals surface area (Å²) in [6, 6.07) is 5.65. The zero-order valence-electron chi connectivity index (χ0n) is 12.0. The predicted octanol–water partition coefficient (Wildman–Crippen LogP) is 1.88. The number of rotatable bonds is 6. The highest BCUT2D eigenvalue weighted by molar-refractivity contribution is 7.07. The molecule has 0 bridgehead atoms. The van der Waals surface area contributed by atoms with Gasteiger partial charge < -0.3 is 15.7 Å². The molecule has 1 heterocycles. The number of hydrogen-bond donors (Lipinski definition) is 2. The number of amidine groups is 1. The highest BCUT2D eigenvalue weighted by Gasteiger charge is 2.10. The maximum Gasteiger partial charge on any atom is 0.173 e. The molecule has 7 heteroatoms. The number of nitrogens with two attached hydrogens (primary N) is 1.